The van der Waals surface area contributed by atoms with E-state index in [1.54, 1.807) is 82.9 Å². The van der Waals surface area contributed by atoms with Gasteiger partial charge in [0.05, 0.1) is 79.9 Å². The van der Waals surface area contributed by atoms with Gasteiger partial charge >= 0.3 is 0 Å². The summed E-state index contributed by atoms with van der Waals surface area (Å²) in [4.78, 5) is 69.0. The van der Waals surface area contributed by atoms with Gasteiger partial charge in [-0.1, -0.05) is 61.4 Å². The van der Waals surface area contributed by atoms with E-state index >= 15 is 0 Å². The van der Waals surface area contributed by atoms with Crippen molar-refractivity contribution in [1.29, 1.82) is 26.3 Å². The Kier molecular flexibility index (Phi) is 27.0. The summed E-state index contributed by atoms with van der Waals surface area (Å²) < 4.78 is 52.2. The SMILES string of the molecule is CC(c1ccc(-c2cnc3[nH]c4cnc(C#N)cc4c3c2)cc1)N1CCCCC1.COc1cc(OC)cc(-c2cnc3[nH]c4cnc(C#N)cc4c3c2)c1.COc1cc(OC2CCN(C)CC2)cc(-c2cnc3[nH]c4cnc(C#N)cc4c3c2)c1.N#Cc1cc2c(cn1)[nH]c1ncc(-c3cc(F)c(CN4CCCCC4)c(F)c3)cc12.N#Cc1cc2c(cn1)[nH]c1ncc(-c3ccc(CN4CCCC4)cc3)cc12. The normalized spacial score (nSPS) is 14.5. The van der Waals surface area contributed by atoms with Gasteiger partial charge in [-0.15, -0.1) is 0 Å². The fraction of sp³-hybridized carbons (Fsp3) is 0.241. The average molecular weight is 1880 g/mol. The van der Waals surface area contributed by atoms with E-state index in [4.69, 9.17) is 40.0 Å². The summed E-state index contributed by atoms with van der Waals surface area (Å²) in [7, 11) is 7.05. The Morgan fingerprint density at radius 3 is 0.972 bits per heavy atom. The summed E-state index contributed by atoms with van der Waals surface area (Å²) in [5.74, 6) is 1.90. The van der Waals surface area contributed by atoms with Crippen molar-refractivity contribution >= 4 is 110 Å². The Morgan fingerprint density at radius 2 is 0.627 bits per heavy atom. The number of H-pyrrole nitrogens is 5. The number of aromatic amines is 5. The van der Waals surface area contributed by atoms with Crippen LogP contribution in [-0.4, -0.2) is 181 Å². The molecule has 19 heterocycles. The number of nitrogens with one attached hydrogen (secondary N) is 5. The van der Waals surface area contributed by atoms with Crippen molar-refractivity contribution < 1.29 is 27.7 Å². The molecule has 20 aromatic rings. The molecule has 4 saturated heterocycles. The number of piperidine rings is 3. The predicted molar refractivity (Wildman–Crippen MR) is 546 cm³/mol. The Morgan fingerprint density at radius 1 is 0.324 bits per heavy atom. The first kappa shape index (κ1) is 92.6. The van der Waals surface area contributed by atoms with Crippen molar-refractivity contribution in [2.45, 2.75) is 96.4 Å². The smallest absolute Gasteiger partial charge is 0.141 e. The van der Waals surface area contributed by atoms with Crippen LogP contribution in [0.25, 0.3) is 165 Å². The van der Waals surface area contributed by atoms with Crippen LogP contribution in [0, 0.1) is 68.3 Å². The van der Waals surface area contributed by atoms with Gasteiger partial charge in [0.15, 0.2) is 0 Å². The zero-order valence-corrected chi connectivity index (χ0v) is 79.0. The monoisotopic (exact) mass is 1880 g/mol. The van der Waals surface area contributed by atoms with E-state index in [9.17, 15) is 14.0 Å². The minimum Gasteiger partial charge on any atom is -0.497 e. The third-order valence-corrected chi connectivity index (χ3v) is 27.2. The molecule has 5 N–H and O–H groups in total. The number of likely N-dealkylation sites (tertiary alicyclic amines) is 4. The summed E-state index contributed by atoms with van der Waals surface area (Å²) in [5, 5.41) is 55.0. The van der Waals surface area contributed by atoms with Gasteiger partial charge in [-0.05, 0) is 241 Å². The molecule has 5 aromatic carbocycles. The van der Waals surface area contributed by atoms with Gasteiger partial charge in [0.2, 0.25) is 0 Å². The molecule has 4 aliphatic heterocycles. The van der Waals surface area contributed by atoms with Crippen molar-refractivity contribution in [3.8, 4) is 109 Å². The molecule has 0 spiro atoms. The van der Waals surface area contributed by atoms with Gasteiger partial charge < -0.3 is 48.8 Å². The molecule has 0 radical (unpaired) electrons. The number of halogens is 2. The largest absolute Gasteiger partial charge is 0.497 e. The number of fused-ring (bicyclic) bond motifs is 15. The number of aromatic nitrogens is 15. The lowest BCUT2D eigenvalue weighted by molar-refractivity contribution is 0.114. The average Bonchev–Trinajstić information content (AvgIpc) is 1.68. The highest BCUT2D eigenvalue weighted by molar-refractivity contribution is 6.11. The molecule has 30 heteroatoms. The first-order chi connectivity index (χ1) is 69.5. The van der Waals surface area contributed by atoms with Crippen LogP contribution >= 0.6 is 0 Å². The number of hydrogen-bond donors (Lipinski definition) is 5. The maximum atomic E-state index is 14.8. The maximum absolute atomic E-state index is 14.8. The molecule has 4 aliphatic rings. The molecule has 24 rings (SSSR count). The van der Waals surface area contributed by atoms with E-state index in [0.717, 1.165) is 218 Å². The number of pyridine rings is 10. The zero-order chi connectivity index (χ0) is 97.4. The van der Waals surface area contributed by atoms with Crippen molar-refractivity contribution in [3.05, 3.63) is 276 Å². The lowest BCUT2D eigenvalue weighted by Crippen LogP contribution is -2.35. The third kappa shape index (κ3) is 20.1. The zero-order valence-electron chi connectivity index (χ0n) is 79.0. The fourth-order valence-corrected chi connectivity index (χ4v) is 19.4. The van der Waals surface area contributed by atoms with Crippen LogP contribution in [0.5, 0.6) is 23.0 Å². The molecule has 704 valence electrons. The number of methoxy groups -OCH3 is 3. The van der Waals surface area contributed by atoms with Gasteiger partial charge in [0, 0.05) is 163 Å². The highest BCUT2D eigenvalue weighted by atomic mass is 19.1. The lowest BCUT2D eigenvalue weighted by atomic mass is 9.99. The van der Waals surface area contributed by atoms with Crippen LogP contribution in [-0.2, 0) is 13.1 Å². The quantitative estimate of drug-likeness (QED) is 0.0600. The van der Waals surface area contributed by atoms with Gasteiger partial charge in [0.25, 0.3) is 0 Å². The second-order valence-electron chi connectivity index (χ2n) is 36.3. The molecule has 0 amide bonds. The summed E-state index contributed by atoms with van der Waals surface area (Å²) >= 11 is 0. The molecular weight excluding hydrogens is 1780 g/mol. The lowest BCUT2D eigenvalue weighted by Gasteiger charge is -2.32. The molecule has 1 atom stereocenters. The summed E-state index contributed by atoms with van der Waals surface area (Å²) in [6.07, 6.45) is 29.5. The second kappa shape index (κ2) is 41.3. The van der Waals surface area contributed by atoms with Crippen LogP contribution in [0.1, 0.15) is 122 Å². The van der Waals surface area contributed by atoms with Gasteiger partial charge in [-0.25, -0.2) is 58.6 Å². The standard InChI is InChI=1S/C24H23N5O2.C24H23N5.C23H19F2N5.C22H19N5.C19H14N4O2/c1-29-5-3-18(4-6-29)31-20-8-15(7-19(11-20)30-2)16-9-22-21-10-17(12-25)26-14-23(21)28-24(22)27-13-16;1-16(29-9-3-2-4-10-29)17-5-7-18(8-6-17)19-11-22-21-12-20(13-25)26-15-23(21)28-24(22)27-14-19;24-20-7-14(8-21(25)19(20)13-30-4-2-1-3-5-30)15-6-18-17-9-16(10-26)27-12-22(17)29-23(18)28-11-15;23-11-18-10-19-20-9-17(12-25-22(20)26-21(19)13-24-18)16-5-3-15(4-6-16)14-27-7-1-2-8-27;1-24-14-3-11(4-15(7-14)25-2)12-5-17-16-6-13(8-20)21-10-18(16)23-19(17)22-9-12/h7-11,13-14,18H,3-6H2,1-2H3,(H,27,28);5-8,11-12,14-16H,2-4,9-10H2,1H3,(H,27,28);6-9,11-12H,1-5,13H2,(H,28,29);3-6,9-10,12-13H,1-2,7-8,14H2,(H,25,26);3-7,9-10H,1-2H3,(H,22,23). The van der Waals surface area contributed by atoms with Crippen LogP contribution < -0.4 is 18.9 Å². The Balaban J connectivity index is 0.000000109. The first-order valence-corrected chi connectivity index (χ1v) is 47.5. The van der Waals surface area contributed by atoms with E-state index < -0.39 is 11.6 Å². The summed E-state index contributed by atoms with van der Waals surface area (Å²) in [6, 6.07) is 62.0. The second-order valence-corrected chi connectivity index (χ2v) is 36.3. The van der Waals surface area contributed by atoms with E-state index in [0.29, 0.717) is 69.3 Å². The van der Waals surface area contributed by atoms with Gasteiger partial charge in [-0.2, -0.15) is 26.3 Å². The molecule has 15 aromatic heterocycles. The van der Waals surface area contributed by atoms with E-state index in [-0.39, 0.29) is 11.7 Å². The Labute approximate surface area is 815 Å². The van der Waals surface area contributed by atoms with E-state index in [1.807, 2.05) is 85.3 Å². The molecule has 1 unspecified atom stereocenters. The van der Waals surface area contributed by atoms with Crippen molar-refractivity contribution in [1.82, 2.24) is 94.4 Å². The fourth-order valence-electron chi connectivity index (χ4n) is 19.4. The van der Waals surface area contributed by atoms with Crippen molar-refractivity contribution in [2.75, 3.05) is 80.7 Å². The molecule has 0 aliphatic carbocycles. The van der Waals surface area contributed by atoms with Crippen LogP contribution in [0.15, 0.2) is 220 Å². The highest BCUT2D eigenvalue weighted by Crippen LogP contribution is 2.40. The molecule has 142 heavy (non-hydrogen) atoms. The highest BCUT2D eigenvalue weighted by Gasteiger charge is 2.25. The summed E-state index contributed by atoms with van der Waals surface area (Å²) in [6.45, 7) is 12.3. The van der Waals surface area contributed by atoms with Gasteiger partial charge in [0.1, 0.15) is 128 Å². The molecule has 4 fully saturated rings. The minimum atomic E-state index is -0.537. The topological polar surface area (TPSA) is 377 Å². The molecule has 28 nitrogen and oxygen atoms in total. The maximum Gasteiger partial charge on any atom is 0.141 e. The van der Waals surface area contributed by atoms with Crippen LogP contribution in [0.3, 0.4) is 0 Å². The number of ether oxygens (including phenoxy) is 4. The summed E-state index contributed by atoms with van der Waals surface area (Å²) in [5.41, 5.74) is 22.1. The Hall–Kier alpha value is -17.1. The van der Waals surface area contributed by atoms with Crippen molar-refractivity contribution in [3.63, 3.8) is 0 Å². The molecule has 0 saturated carbocycles. The number of hydrogen-bond acceptors (Lipinski definition) is 23. The number of benzene rings is 5. The van der Waals surface area contributed by atoms with E-state index in [2.05, 4.69) is 199 Å². The van der Waals surface area contributed by atoms with E-state index in [1.165, 1.54) is 88.0 Å². The number of nitriles is 5. The predicted octanol–water partition coefficient (Wildman–Crippen LogP) is 22.2. The van der Waals surface area contributed by atoms with Crippen LogP contribution in [0.2, 0.25) is 0 Å². The third-order valence-electron chi connectivity index (χ3n) is 27.2. The molecular formula is C112H98F2N24O4. The number of rotatable bonds is 16. The van der Waals surface area contributed by atoms with Crippen molar-refractivity contribution in [2.24, 2.45) is 0 Å². The van der Waals surface area contributed by atoms with Crippen LogP contribution in [0.4, 0.5) is 8.78 Å². The minimum absolute atomic E-state index is 0.117. The Bertz CT molecular complexity index is 8340. The molecule has 0 bridgehead atoms. The van der Waals surface area contributed by atoms with Gasteiger partial charge in [-0.3, -0.25) is 14.7 Å². The number of nitrogens with zero attached hydrogens (tertiary/aromatic N) is 19. The first-order valence-electron chi connectivity index (χ1n) is 47.5.